The number of benzene rings is 2. The van der Waals surface area contributed by atoms with Gasteiger partial charge in [0.15, 0.2) is 0 Å². The first-order valence-corrected chi connectivity index (χ1v) is 7.64. The number of hydrogen-bond acceptors (Lipinski definition) is 3. The SMILES string of the molecule is Nc1ccc(OCCN2CCCCc3ccccc32)cc1. The lowest BCUT2D eigenvalue weighted by atomic mass is 10.1. The van der Waals surface area contributed by atoms with Crippen LogP contribution in [0.5, 0.6) is 5.75 Å². The number of hydrogen-bond donors (Lipinski definition) is 1. The highest BCUT2D eigenvalue weighted by Gasteiger charge is 2.14. The second-order valence-electron chi connectivity index (χ2n) is 5.49. The van der Waals surface area contributed by atoms with E-state index < -0.39 is 0 Å². The molecule has 0 atom stereocenters. The van der Waals surface area contributed by atoms with E-state index in [1.54, 1.807) is 0 Å². The fourth-order valence-electron chi connectivity index (χ4n) is 2.84. The number of nitrogens with zero attached hydrogens (tertiary/aromatic N) is 1. The van der Waals surface area contributed by atoms with Gasteiger partial charge in [-0.05, 0) is 55.2 Å². The largest absolute Gasteiger partial charge is 0.492 e. The van der Waals surface area contributed by atoms with Gasteiger partial charge in [0, 0.05) is 17.9 Å². The highest BCUT2D eigenvalue weighted by Crippen LogP contribution is 2.25. The van der Waals surface area contributed by atoms with Gasteiger partial charge in [0.25, 0.3) is 0 Å². The van der Waals surface area contributed by atoms with Gasteiger partial charge in [0.05, 0.1) is 6.54 Å². The molecule has 21 heavy (non-hydrogen) atoms. The molecule has 2 aromatic rings. The summed E-state index contributed by atoms with van der Waals surface area (Å²) in [5.74, 6) is 0.882. The number of aryl methyl sites for hydroxylation is 1. The molecule has 3 heteroatoms. The Hall–Kier alpha value is -2.16. The molecule has 0 radical (unpaired) electrons. The zero-order valence-electron chi connectivity index (χ0n) is 12.3. The zero-order chi connectivity index (χ0) is 14.5. The summed E-state index contributed by atoms with van der Waals surface area (Å²) in [5.41, 5.74) is 9.28. The fourth-order valence-corrected chi connectivity index (χ4v) is 2.84. The van der Waals surface area contributed by atoms with Crippen LogP contribution in [0.4, 0.5) is 11.4 Å². The van der Waals surface area contributed by atoms with Crippen molar-refractivity contribution in [1.29, 1.82) is 0 Å². The second kappa shape index (κ2) is 6.53. The van der Waals surface area contributed by atoms with Crippen molar-refractivity contribution < 1.29 is 4.74 Å². The zero-order valence-corrected chi connectivity index (χ0v) is 12.3. The van der Waals surface area contributed by atoms with Gasteiger partial charge in [-0.2, -0.15) is 0 Å². The van der Waals surface area contributed by atoms with E-state index in [-0.39, 0.29) is 0 Å². The van der Waals surface area contributed by atoms with Crippen molar-refractivity contribution in [3.63, 3.8) is 0 Å². The Morgan fingerprint density at radius 2 is 1.81 bits per heavy atom. The van der Waals surface area contributed by atoms with Crippen LogP contribution in [0, 0.1) is 0 Å². The first kappa shape index (κ1) is 13.8. The number of nitrogen functional groups attached to an aromatic ring is 1. The third kappa shape index (κ3) is 3.48. The lowest BCUT2D eigenvalue weighted by molar-refractivity contribution is 0.323. The molecular formula is C18H22N2O. The van der Waals surface area contributed by atoms with Crippen LogP contribution in [0.3, 0.4) is 0 Å². The summed E-state index contributed by atoms with van der Waals surface area (Å²) in [6.45, 7) is 2.72. The summed E-state index contributed by atoms with van der Waals surface area (Å²) in [5, 5.41) is 0. The van der Waals surface area contributed by atoms with E-state index in [4.69, 9.17) is 10.5 Å². The molecule has 0 unspecified atom stereocenters. The van der Waals surface area contributed by atoms with E-state index in [9.17, 15) is 0 Å². The number of ether oxygens (including phenoxy) is 1. The molecule has 3 nitrogen and oxygen atoms in total. The lowest BCUT2D eigenvalue weighted by Crippen LogP contribution is -2.29. The van der Waals surface area contributed by atoms with Crippen LogP contribution in [0.15, 0.2) is 48.5 Å². The van der Waals surface area contributed by atoms with Gasteiger partial charge < -0.3 is 15.4 Å². The summed E-state index contributed by atoms with van der Waals surface area (Å²) in [6, 6.07) is 16.3. The molecule has 0 bridgehead atoms. The van der Waals surface area contributed by atoms with Gasteiger partial charge in [-0.25, -0.2) is 0 Å². The van der Waals surface area contributed by atoms with Crippen molar-refractivity contribution in [3.05, 3.63) is 54.1 Å². The molecule has 110 valence electrons. The van der Waals surface area contributed by atoms with Gasteiger partial charge in [0.2, 0.25) is 0 Å². The molecular weight excluding hydrogens is 260 g/mol. The summed E-state index contributed by atoms with van der Waals surface area (Å²) < 4.78 is 5.82. The van der Waals surface area contributed by atoms with E-state index in [0.717, 1.165) is 24.5 Å². The lowest BCUT2D eigenvalue weighted by Gasteiger charge is -2.24. The molecule has 0 saturated heterocycles. The number of fused-ring (bicyclic) bond motifs is 1. The number of nitrogens with two attached hydrogens (primary N) is 1. The third-order valence-corrected chi connectivity index (χ3v) is 3.97. The summed E-state index contributed by atoms with van der Waals surface area (Å²) in [6.07, 6.45) is 3.70. The average molecular weight is 282 g/mol. The highest BCUT2D eigenvalue weighted by atomic mass is 16.5. The van der Waals surface area contributed by atoms with Crippen molar-refractivity contribution in [2.45, 2.75) is 19.3 Å². The van der Waals surface area contributed by atoms with E-state index in [1.165, 1.54) is 30.5 Å². The highest BCUT2D eigenvalue weighted by molar-refractivity contribution is 5.54. The minimum Gasteiger partial charge on any atom is -0.492 e. The van der Waals surface area contributed by atoms with Crippen LogP contribution in [-0.4, -0.2) is 19.7 Å². The van der Waals surface area contributed by atoms with E-state index in [1.807, 2.05) is 24.3 Å². The molecule has 1 aliphatic rings. The minimum atomic E-state index is 0.693. The second-order valence-corrected chi connectivity index (χ2v) is 5.49. The van der Waals surface area contributed by atoms with Crippen LogP contribution in [0.25, 0.3) is 0 Å². The molecule has 1 heterocycles. The van der Waals surface area contributed by atoms with E-state index in [0.29, 0.717) is 6.61 Å². The Kier molecular flexibility index (Phi) is 4.29. The molecule has 0 spiro atoms. The molecule has 2 N–H and O–H groups in total. The smallest absolute Gasteiger partial charge is 0.119 e. The monoisotopic (exact) mass is 282 g/mol. The van der Waals surface area contributed by atoms with Gasteiger partial charge in [-0.1, -0.05) is 18.2 Å². The number of rotatable bonds is 4. The molecule has 1 aliphatic heterocycles. The minimum absolute atomic E-state index is 0.693. The summed E-state index contributed by atoms with van der Waals surface area (Å²) >= 11 is 0. The quantitative estimate of drug-likeness (QED) is 0.872. The van der Waals surface area contributed by atoms with Crippen LogP contribution in [0.2, 0.25) is 0 Å². The Morgan fingerprint density at radius 1 is 1.00 bits per heavy atom. The maximum absolute atomic E-state index is 5.82. The predicted octanol–water partition coefficient (Wildman–Crippen LogP) is 3.49. The van der Waals surface area contributed by atoms with Crippen LogP contribution < -0.4 is 15.4 Å². The van der Waals surface area contributed by atoms with Crippen LogP contribution in [-0.2, 0) is 6.42 Å². The van der Waals surface area contributed by atoms with Gasteiger partial charge in [0.1, 0.15) is 12.4 Å². The third-order valence-electron chi connectivity index (χ3n) is 3.97. The molecule has 0 aromatic heterocycles. The van der Waals surface area contributed by atoms with Crippen molar-refractivity contribution in [2.24, 2.45) is 0 Å². The molecule has 2 aromatic carbocycles. The Bertz CT molecular complexity index is 580. The number of anilines is 2. The average Bonchev–Trinajstić information content (AvgIpc) is 2.72. The summed E-state index contributed by atoms with van der Waals surface area (Å²) in [4.78, 5) is 2.44. The van der Waals surface area contributed by atoms with Crippen LogP contribution in [0.1, 0.15) is 18.4 Å². The first-order chi connectivity index (χ1) is 10.3. The molecule has 3 rings (SSSR count). The van der Waals surface area contributed by atoms with E-state index in [2.05, 4.69) is 29.2 Å². The van der Waals surface area contributed by atoms with Crippen molar-refractivity contribution in [3.8, 4) is 5.75 Å². The Labute approximate surface area is 126 Å². The maximum atomic E-state index is 5.82. The maximum Gasteiger partial charge on any atom is 0.119 e. The van der Waals surface area contributed by atoms with Crippen molar-refractivity contribution in [1.82, 2.24) is 0 Å². The number of para-hydroxylation sites is 1. The van der Waals surface area contributed by atoms with Crippen molar-refractivity contribution >= 4 is 11.4 Å². The standard InChI is InChI=1S/C18H22N2O/c19-16-8-10-17(11-9-16)21-14-13-20-12-4-3-6-15-5-1-2-7-18(15)20/h1-2,5,7-11H,3-4,6,12-14,19H2. The predicted molar refractivity (Wildman–Crippen MR) is 87.9 cm³/mol. The molecule has 0 saturated carbocycles. The van der Waals surface area contributed by atoms with Gasteiger partial charge in [-0.15, -0.1) is 0 Å². The first-order valence-electron chi connectivity index (χ1n) is 7.64. The van der Waals surface area contributed by atoms with E-state index >= 15 is 0 Å². The summed E-state index contributed by atoms with van der Waals surface area (Å²) in [7, 11) is 0. The van der Waals surface area contributed by atoms with Crippen molar-refractivity contribution in [2.75, 3.05) is 30.3 Å². The Balaban J connectivity index is 1.61. The molecule has 0 amide bonds. The van der Waals surface area contributed by atoms with Crippen LogP contribution >= 0.6 is 0 Å². The Morgan fingerprint density at radius 3 is 2.67 bits per heavy atom. The molecule has 0 aliphatic carbocycles. The fraction of sp³-hybridized carbons (Fsp3) is 0.333. The normalized spacial score (nSPS) is 14.4. The topological polar surface area (TPSA) is 38.5 Å². The van der Waals surface area contributed by atoms with Gasteiger partial charge in [-0.3, -0.25) is 0 Å². The van der Waals surface area contributed by atoms with Gasteiger partial charge >= 0.3 is 0 Å². The molecule has 0 fully saturated rings.